The Morgan fingerprint density at radius 1 is 1.10 bits per heavy atom. The minimum absolute atomic E-state index is 0.0181. The van der Waals surface area contributed by atoms with Gasteiger partial charge in [0.15, 0.2) is 0 Å². The van der Waals surface area contributed by atoms with Crippen molar-refractivity contribution in [3.63, 3.8) is 0 Å². The van der Waals surface area contributed by atoms with Gasteiger partial charge in [0.25, 0.3) is 0 Å². The van der Waals surface area contributed by atoms with Crippen LogP contribution in [0.4, 0.5) is 0 Å². The molecule has 5 heteroatoms. The number of carbonyl (C=O) groups is 2. The summed E-state index contributed by atoms with van der Waals surface area (Å²) in [5, 5.41) is 0. The molecule has 0 saturated carbocycles. The standard InChI is InChI=1S/C25H32N2O3/c1-5-30-22-12-10-19(11-13-22)16-26(4)25(29)23-15-20-8-6-7-9-21(20)17-27(23)24(28)14-18(2)3/h6-13,18,23H,5,14-17H2,1-4H3. The molecule has 1 heterocycles. The van der Waals surface area contributed by atoms with E-state index in [-0.39, 0.29) is 17.7 Å². The maximum Gasteiger partial charge on any atom is 0.245 e. The fourth-order valence-corrected chi connectivity index (χ4v) is 3.94. The number of ether oxygens (including phenoxy) is 1. The maximum atomic E-state index is 13.4. The molecule has 5 nitrogen and oxygen atoms in total. The van der Waals surface area contributed by atoms with E-state index in [0.29, 0.717) is 32.5 Å². The molecule has 0 saturated heterocycles. The van der Waals surface area contributed by atoms with Gasteiger partial charge in [-0.05, 0) is 41.7 Å². The molecule has 0 aromatic heterocycles. The summed E-state index contributed by atoms with van der Waals surface area (Å²) in [6.07, 6.45) is 1.01. The second kappa shape index (κ2) is 9.79. The number of hydrogen-bond acceptors (Lipinski definition) is 3. The zero-order valence-corrected chi connectivity index (χ0v) is 18.4. The van der Waals surface area contributed by atoms with Gasteiger partial charge in [-0.25, -0.2) is 0 Å². The van der Waals surface area contributed by atoms with Crippen molar-refractivity contribution in [3.05, 3.63) is 65.2 Å². The van der Waals surface area contributed by atoms with Crippen LogP contribution in [0.25, 0.3) is 0 Å². The largest absolute Gasteiger partial charge is 0.494 e. The zero-order chi connectivity index (χ0) is 21.7. The lowest BCUT2D eigenvalue weighted by Crippen LogP contribution is -2.52. The fraction of sp³-hybridized carbons (Fsp3) is 0.440. The Morgan fingerprint density at radius 2 is 1.77 bits per heavy atom. The van der Waals surface area contributed by atoms with Gasteiger partial charge in [0.1, 0.15) is 11.8 Å². The normalized spacial score (nSPS) is 15.6. The fourth-order valence-electron chi connectivity index (χ4n) is 3.94. The van der Waals surface area contributed by atoms with Crippen LogP contribution in [0.15, 0.2) is 48.5 Å². The Labute approximate surface area is 179 Å². The highest BCUT2D eigenvalue weighted by molar-refractivity contribution is 5.88. The van der Waals surface area contributed by atoms with Crippen molar-refractivity contribution >= 4 is 11.8 Å². The minimum Gasteiger partial charge on any atom is -0.494 e. The van der Waals surface area contributed by atoms with Crippen molar-refractivity contribution in [1.29, 1.82) is 0 Å². The van der Waals surface area contributed by atoms with Crippen LogP contribution < -0.4 is 4.74 Å². The van der Waals surface area contributed by atoms with Crippen LogP contribution >= 0.6 is 0 Å². The van der Waals surface area contributed by atoms with Gasteiger partial charge in [-0.1, -0.05) is 50.2 Å². The summed E-state index contributed by atoms with van der Waals surface area (Å²) >= 11 is 0. The van der Waals surface area contributed by atoms with E-state index in [0.717, 1.165) is 22.4 Å². The molecule has 0 aliphatic carbocycles. The highest BCUT2D eigenvalue weighted by atomic mass is 16.5. The molecule has 0 fully saturated rings. The number of amides is 2. The van der Waals surface area contributed by atoms with Gasteiger partial charge in [-0.15, -0.1) is 0 Å². The summed E-state index contributed by atoms with van der Waals surface area (Å²) < 4.78 is 5.49. The molecule has 0 spiro atoms. The quantitative estimate of drug-likeness (QED) is 0.695. The van der Waals surface area contributed by atoms with Crippen LogP contribution in [0.3, 0.4) is 0 Å². The van der Waals surface area contributed by atoms with E-state index in [1.54, 1.807) is 9.80 Å². The summed E-state index contributed by atoms with van der Waals surface area (Å²) in [7, 11) is 1.81. The molecule has 0 bridgehead atoms. The zero-order valence-electron chi connectivity index (χ0n) is 18.4. The van der Waals surface area contributed by atoms with Gasteiger partial charge >= 0.3 is 0 Å². The Kier molecular flexibility index (Phi) is 7.14. The molecule has 1 aliphatic heterocycles. The third-order valence-corrected chi connectivity index (χ3v) is 5.47. The Hall–Kier alpha value is -2.82. The van der Waals surface area contributed by atoms with E-state index in [9.17, 15) is 9.59 Å². The first kappa shape index (κ1) is 21.9. The van der Waals surface area contributed by atoms with E-state index in [4.69, 9.17) is 4.74 Å². The van der Waals surface area contributed by atoms with Crippen molar-refractivity contribution in [1.82, 2.24) is 9.80 Å². The number of carbonyl (C=O) groups excluding carboxylic acids is 2. The molecule has 160 valence electrons. The molecular formula is C25H32N2O3. The van der Waals surface area contributed by atoms with Crippen LogP contribution in [0, 0.1) is 5.92 Å². The Morgan fingerprint density at radius 3 is 2.40 bits per heavy atom. The SMILES string of the molecule is CCOc1ccc(CN(C)C(=O)C2Cc3ccccc3CN2C(=O)CC(C)C)cc1. The monoisotopic (exact) mass is 408 g/mol. The Bertz CT molecular complexity index is 876. The molecule has 2 aromatic rings. The smallest absolute Gasteiger partial charge is 0.245 e. The second-order valence-electron chi connectivity index (χ2n) is 8.38. The average Bonchev–Trinajstić information content (AvgIpc) is 2.73. The van der Waals surface area contributed by atoms with E-state index in [2.05, 4.69) is 12.1 Å². The molecule has 1 atom stereocenters. The van der Waals surface area contributed by atoms with Crippen molar-refractivity contribution in [2.75, 3.05) is 13.7 Å². The summed E-state index contributed by atoms with van der Waals surface area (Å²) in [4.78, 5) is 29.8. The highest BCUT2D eigenvalue weighted by Gasteiger charge is 2.36. The number of nitrogens with zero attached hydrogens (tertiary/aromatic N) is 2. The summed E-state index contributed by atoms with van der Waals surface area (Å²) in [6.45, 7) is 7.64. The van der Waals surface area contributed by atoms with Gasteiger partial charge in [0.05, 0.1) is 6.61 Å². The maximum absolute atomic E-state index is 13.4. The van der Waals surface area contributed by atoms with Crippen LogP contribution in [0.2, 0.25) is 0 Å². The first-order chi connectivity index (χ1) is 14.4. The second-order valence-corrected chi connectivity index (χ2v) is 8.38. The lowest BCUT2D eigenvalue weighted by molar-refractivity contribution is -0.147. The van der Waals surface area contributed by atoms with Gasteiger partial charge in [0, 0.05) is 33.0 Å². The molecule has 2 amide bonds. The van der Waals surface area contributed by atoms with Gasteiger partial charge in [0.2, 0.25) is 11.8 Å². The summed E-state index contributed by atoms with van der Waals surface area (Å²) in [5.41, 5.74) is 3.32. The van der Waals surface area contributed by atoms with Crippen LogP contribution in [-0.4, -0.2) is 41.3 Å². The minimum atomic E-state index is -0.459. The van der Waals surface area contributed by atoms with Gasteiger partial charge in [-0.3, -0.25) is 9.59 Å². The van der Waals surface area contributed by atoms with E-state index in [1.807, 2.05) is 64.2 Å². The van der Waals surface area contributed by atoms with Gasteiger partial charge in [-0.2, -0.15) is 0 Å². The van der Waals surface area contributed by atoms with E-state index < -0.39 is 6.04 Å². The topological polar surface area (TPSA) is 49.9 Å². The lowest BCUT2D eigenvalue weighted by Gasteiger charge is -2.38. The van der Waals surface area contributed by atoms with Crippen molar-refractivity contribution < 1.29 is 14.3 Å². The third kappa shape index (κ3) is 5.21. The molecule has 1 unspecified atom stereocenters. The van der Waals surface area contributed by atoms with Crippen LogP contribution in [0.5, 0.6) is 5.75 Å². The summed E-state index contributed by atoms with van der Waals surface area (Å²) in [5.74, 6) is 1.11. The first-order valence-corrected chi connectivity index (χ1v) is 10.7. The number of fused-ring (bicyclic) bond motifs is 1. The molecular weight excluding hydrogens is 376 g/mol. The van der Waals surface area contributed by atoms with Crippen LogP contribution in [0.1, 0.15) is 43.9 Å². The highest BCUT2D eigenvalue weighted by Crippen LogP contribution is 2.26. The number of benzene rings is 2. The van der Waals surface area contributed by atoms with E-state index in [1.165, 1.54) is 0 Å². The predicted molar refractivity (Wildman–Crippen MR) is 118 cm³/mol. The number of hydrogen-bond donors (Lipinski definition) is 0. The molecule has 0 N–H and O–H groups in total. The number of rotatable bonds is 7. The summed E-state index contributed by atoms with van der Waals surface area (Å²) in [6, 6.07) is 15.4. The number of likely N-dealkylation sites (N-methyl/N-ethyl adjacent to an activating group) is 1. The third-order valence-electron chi connectivity index (χ3n) is 5.47. The van der Waals surface area contributed by atoms with Crippen molar-refractivity contribution in [2.24, 2.45) is 5.92 Å². The molecule has 1 aliphatic rings. The lowest BCUT2D eigenvalue weighted by atomic mass is 9.92. The molecule has 0 radical (unpaired) electrons. The predicted octanol–water partition coefficient (Wildman–Crippen LogP) is 4.04. The Balaban J connectivity index is 1.77. The van der Waals surface area contributed by atoms with Crippen molar-refractivity contribution in [2.45, 2.75) is 52.7 Å². The van der Waals surface area contributed by atoms with Crippen molar-refractivity contribution in [3.8, 4) is 5.75 Å². The van der Waals surface area contributed by atoms with E-state index >= 15 is 0 Å². The molecule has 30 heavy (non-hydrogen) atoms. The van der Waals surface area contributed by atoms with Gasteiger partial charge < -0.3 is 14.5 Å². The first-order valence-electron chi connectivity index (χ1n) is 10.7. The molecule has 2 aromatic carbocycles. The van der Waals surface area contributed by atoms with Crippen LogP contribution in [-0.2, 0) is 29.1 Å². The molecule has 3 rings (SSSR count). The average molecular weight is 409 g/mol.